The van der Waals surface area contributed by atoms with E-state index in [9.17, 15) is 4.79 Å². The third kappa shape index (κ3) is 3.53. The number of benzene rings is 1. The van der Waals surface area contributed by atoms with E-state index in [1.807, 2.05) is 24.3 Å². The highest BCUT2D eigenvalue weighted by Gasteiger charge is 2.27. The van der Waals surface area contributed by atoms with Crippen LogP contribution in [0.4, 0.5) is 5.69 Å². The second-order valence-corrected chi connectivity index (χ2v) is 7.42. The minimum absolute atomic E-state index is 0.272. The number of aromatic nitrogens is 6. The average molecular weight is 378 g/mol. The molecule has 2 aliphatic rings. The lowest BCUT2D eigenvalue weighted by Gasteiger charge is -2.22. The van der Waals surface area contributed by atoms with Gasteiger partial charge in [0.05, 0.1) is 12.2 Å². The van der Waals surface area contributed by atoms with E-state index in [-0.39, 0.29) is 5.91 Å². The molecule has 1 saturated heterocycles. The van der Waals surface area contributed by atoms with Gasteiger partial charge >= 0.3 is 0 Å². The summed E-state index contributed by atoms with van der Waals surface area (Å²) in [5.74, 6) is 1.84. The number of amides is 1. The maximum atomic E-state index is 12.6. The third-order valence-electron chi connectivity index (χ3n) is 5.27. The van der Waals surface area contributed by atoms with Gasteiger partial charge in [-0.05, 0) is 50.9 Å². The predicted octanol–water partition coefficient (Wildman–Crippen LogP) is 2.12. The Labute approximate surface area is 161 Å². The van der Waals surface area contributed by atoms with Crippen LogP contribution >= 0.6 is 0 Å². The molecule has 1 amide bonds. The lowest BCUT2D eigenvalue weighted by Crippen LogP contribution is -2.29. The van der Waals surface area contributed by atoms with Crippen LogP contribution in [0.3, 0.4) is 0 Å². The summed E-state index contributed by atoms with van der Waals surface area (Å²) in [5.41, 5.74) is 1.86. The zero-order chi connectivity index (χ0) is 18.9. The van der Waals surface area contributed by atoms with Crippen LogP contribution in [-0.4, -0.2) is 49.2 Å². The Morgan fingerprint density at radius 1 is 1.18 bits per heavy atom. The van der Waals surface area contributed by atoms with Crippen LogP contribution in [-0.2, 0) is 0 Å². The number of carbonyl (C=O) groups is 1. The molecule has 1 aliphatic carbocycles. The molecule has 0 radical (unpaired) electrons. The van der Waals surface area contributed by atoms with Crippen LogP contribution in [0.15, 0.2) is 30.5 Å². The molecule has 3 aromatic rings. The van der Waals surface area contributed by atoms with E-state index in [1.54, 1.807) is 10.9 Å². The summed E-state index contributed by atoms with van der Waals surface area (Å²) in [7, 11) is 0. The maximum absolute atomic E-state index is 12.6. The van der Waals surface area contributed by atoms with Gasteiger partial charge in [-0.1, -0.05) is 17.3 Å². The zero-order valence-electron chi connectivity index (χ0n) is 15.4. The molecule has 0 spiro atoms. The maximum Gasteiger partial charge on any atom is 0.277 e. The molecule has 0 unspecified atom stereocenters. The Morgan fingerprint density at radius 3 is 2.86 bits per heavy atom. The first-order valence-corrected chi connectivity index (χ1v) is 9.73. The van der Waals surface area contributed by atoms with Crippen LogP contribution in [0.25, 0.3) is 11.4 Å². The molecule has 1 aliphatic heterocycles. The van der Waals surface area contributed by atoms with Gasteiger partial charge in [-0.25, -0.2) is 9.67 Å². The van der Waals surface area contributed by atoms with Crippen LogP contribution in [0, 0.1) is 0 Å². The molecule has 144 valence electrons. The number of H-pyrrole nitrogens is 1. The summed E-state index contributed by atoms with van der Waals surface area (Å²) < 4.78 is 1.80. The van der Waals surface area contributed by atoms with Crippen molar-refractivity contribution in [1.29, 1.82) is 0 Å². The summed E-state index contributed by atoms with van der Waals surface area (Å²) in [4.78, 5) is 17.1. The standard InChI is InChI=1S/C19H22N8O/c28-19(16-11-27(26-23-16)15-6-8-20-9-7-15)21-14-3-1-2-13(10-14)18-22-17(24-25-18)12-4-5-12/h1-3,10-12,15,20H,4-9H2,(H,21,28)(H,22,24,25). The molecule has 5 rings (SSSR count). The Morgan fingerprint density at radius 2 is 2.04 bits per heavy atom. The second kappa shape index (κ2) is 7.16. The first-order valence-electron chi connectivity index (χ1n) is 9.73. The molecule has 2 fully saturated rings. The van der Waals surface area contributed by atoms with E-state index in [2.05, 4.69) is 36.1 Å². The highest BCUT2D eigenvalue weighted by atomic mass is 16.2. The normalized spacial score (nSPS) is 17.6. The summed E-state index contributed by atoms with van der Waals surface area (Å²) >= 11 is 0. The van der Waals surface area contributed by atoms with E-state index in [4.69, 9.17) is 0 Å². The van der Waals surface area contributed by atoms with Gasteiger partial charge in [0.1, 0.15) is 5.82 Å². The van der Waals surface area contributed by atoms with Crippen LogP contribution in [0.1, 0.15) is 54.0 Å². The van der Waals surface area contributed by atoms with Gasteiger partial charge in [0.2, 0.25) is 0 Å². The minimum Gasteiger partial charge on any atom is -0.321 e. The van der Waals surface area contributed by atoms with Crippen LogP contribution < -0.4 is 10.6 Å². The van der Waals surface area contributed by atoms with Gasteiger partial charge in [0, 0.05) is 17.2 Å². The molecule has 28 heavy (non-hydrogen) atoms. The summed E-state index contributed by atoms with van der Waals surface area (Å²) in [6.45, 7) is 1.92. The molecular weight excluding hydrogens is 356 g/mol. The van der Waals surface area contributed by atoms with Crippen molar-refractivity contribution in [3.8, 4) is 11.4 Å². The average Bonchev–Trinajstić information content (AvgIpc) is 3.26. The Hall–Kier alpha value is -3.07. The number of carbonyl (C=O) groups excluding carboxylic acids is 1. The lowest BCUT2D eigenvalue weighted by atomic mass is 10.1. The molecule has 1 saturated carbocycles. The number of nitrogens with zero attached hydrogens (tertiary/aromatic N) is 5. The number of rotatable bonds is 5. The fourth-order valence-corrected chi connectivity index (χ4v) is 3.50. The highest BCUT2D eigenvalue weighted by molar-refractivity contribution is 6.02. The Balaban J connectivity index is 1.29. The molecule has 3 heterocycles. The van der Waals surface area contributed by atoms with E-state index in [0.717, 1.165) is 37.3 Å². The summed E-state index contributed by atoms with van der Waals surface area (Å²) in [5, 5.41) is 21.7. The fourth-order valence-electron chi connectivity index (χ4n) is 3.50. The zero-order valence-corrected chi connectivity index (χ0v) is 15.4. The van der Waals surface area contributed by atoms with Gasteiger partial charge < -0.3 is 10.6 Å². The molecule has 3 N–H and O–H groups in total. The second-order valence-electron chi connectivity index (χ2n) is 7.42. The van der Waals surface area contributed by atoms with Crippen molar-refractivity contribution >= 4 is 11.6 Å². The Kier molecular flexibility index (Phi) is 4.36. The van der Waals surface area contributed by atoms with E-state index < -0.39 is 0 Å². The first-order chi connectivity index (χ1) is 13.8. The van der Waals surface area contributed by atoms with Gasteiger partial charge in [0.15, 0.2) is 11.5 Å². The number of anilines is 1. The molecule has 0 bridgehead atoms. The van der Waals surface area contributed by atoms with Crippen molar-refractivity contribution in [2.45, 2.75) is 37.6 Å². The molecule has 0 atom stereocenters. The SMILES string of the molecule is O=C(Nc1cccc(-c2n[nH]c(C3CC3)n2)c1)c1cn(C2CCNCC2)nn1. The number of hydrogen-bond acceptors (Lipinski definition) is 6. The molecule has 9 heteroatoms. The quantitative estimate of drug-likeness (QED) is 0.627. The van der Waals surface area contributed by atoms with Crippen LogP contribution in [0.2, 0.25) is 0 Å². The van der Waals surface area contributed by atoms with Crippen molar-refractivity contribution < 1.29 is 4.79 Å². The van der Waals surface area contributed by atoms with Gasteiger partial charge in [-0.2, -0.15) is 5.10 Å². The van der Waals surface area contributed by atoms with Crippen molar-refractivity contribution in [2.75, 3.05) is 18.4 Å². The number of piperidine rings is 1. The monoisotopic (exact) mass is 378 g/mol. The van der Waals surface area contributed by atoms with E-state index >= 15 is 0 Å². The smallest absolute Gasteiger partial charge is 0.277 e. The first kappa shape index (κ1) is 17.1. The topological polar surface area (TPSA) is 113 Å². The summed E-state index contributed by atoms with van der Waals surface area (Å²) in [6.07, 6.45) is 6.05. The van der Waals surface area contributed by atoms with Crippen molar-refractivity contribution in [3.05, 3.63) is 42.0 Å². The number of hydrogen-bond donors (Lipinski definition) is 3. The van der Waals surface area contributed by atoms with Crippen molar-refractivity contribution in [1.82, 2.24) is 35.5 Å². The number of aromatic amines is 1. The minimum atomic E-state index is -0.272. The fraction of sp³-hybridized carbons (Fsp3) is 0.421. The van der Waals surface area contributed by atoms with Gasteiger partial charge in [-0.15, -0.1) is 5.10 Å². The van der Waals surface area contributed by atoms with Gasteiger partial charge in [0.25, 0.3) is 5.91 Å². The third-order valence-corrected chi connectivity index (χ3v) is 5.27. The van der Waals surface area contributed by atoms with Crippen LogP contribution in [0.5, 0.6) is 0 Å². The van der Waals surface area contributed by atoms with Crippen molar-refractivity contribution in [3.63, 3.8) is 0 Å². The highest BCUT2D eigenvalue weighted by Crippen LogP contribution is 2.38. The number of nitrogens with one attached hydrogen (secondary N) is 3. The predicted molar refractivity (Wildman–Crippen MR) is 103 cm³/mol. The van der Waals surface area contributed by atoms with E-state index in [0.29, 0.717) is 29.2 Å². The molecule has 1 aromatic carbocycles. The molecule has 9 nitrogen and oxygen atoms in total. The lowest BCUT2D eigenvalue weighted by molar-refractivity contribution is 0.102. The molecular formula is C19H22N8O. The van der Waals surface area contributed by atoms with E-state index in [1.165, 1.54) is 12.8 Å². The summed E-state index contributed by atoms with van der Waals surface area (Å²) in [6, 6.07) is 7.82. The van der Waals surface area contributed by atoms with Gasteiger partial charge in [-0.3, -0.25) is 9.89 Å². The largest absolute Gasteiger partial charge is 0.321 e. The van der Waals surface area contributed by atoms with Crippen molar-refractivity contribution in [2.24, 2.45) is 0 Å². The molecule has 2 aromatic heterocycles. The Bertz CT molecular complexity index is 983.